The molecule has 0 rings (SSSR count). The molecule has 18 heavy (non-hydrogen) atoms. The van der Waals surface area contributed by atoms with Crippen LogP contribution in [0.5, 0.6) is 0 Å². The highest BCUT2D eigenvalue weighted by atomic mass is 127. The van der Waals surface area contributed by atoms with E-state index in [0.29, 0.717) is 10.2 Å². The first-order valence-electron chi connectivity index (χ1n) is 4.55. The van der Waals surface area contributed by atoms with Gasteiger partial charge in [-0.15, -0.1) is 0 Å². The summed E-state index contributed by atoms with van der Waals surface area (Å²) < 4.78 is 110. The lowest BCUT2D eigenvalue weighted by Crippen LogP contribution is -2.61. The van der Waals surface area contributed by atoms with Gasteiger partial charge >= 0.3 is 23.9 Å². The van der Waals surface area contributed by atoms with E-state index in [0.717, 1.165) is 0 Å². The fraction of sp³-hybridized carbons (Fsp3) is 1.00. The first kappa shape index (κ1) is 18.3. The quantitative estimate of drug-likeness (QED) is 0.278. The monoisotopic (exact) mass is 418 g/mol. The topological polar surface area (TPSA) is 0 Å². The number of hydrogen-bond acceptors (Lipinski definition) is 0. The van der Waals surface area contributed by atoms with Gasteiger partial charge in [0.1, 0.15) is 0 Å². The first-order valence-corrected chi connectivity index (χ1v) is 7.21. The zero-order valence-electron chi connectivity index (χ0n) is 8.77. The summed E-state index contributed by atoms with van der Waals surface area (Å²) in [5.41, 5.74) is 0. The van der Waals surface area contributed by atoms with Crippen molar-refractivity contribution in [3.05, 3.63) is 0 Å². The van der Waals surface area contributed by atoms with Gasteiger partial charge in [0.15, 0.2) is 0 Å². The van der Waals surface area contributed by atoms with E-state index in [-0.39, 0.29) is 6.04 Å². The molecule has 0 aliphatic carbocycles. The Kier molecular flexibility index (Phi) is 5.46. The first-order chi connectivity index (χ1) is 7.70. The van der Waals surface area contributed by atoms with E-state index in [2.05, 4.69) is 0 Å². The van der Waals surface area contributed by atoms with E-state index in [1.54, 1.807) is 0 Å². The van der Waals surface area contributed by atoms with Gasteiger partial charge in [0.05, 0.1) is 0 Å². The molecule has 0 aliphatic heterocycles. The van der Waals surface area contributed by atoms with Crippen LogP contribution in [0.4, 0.5) is 39.5 Å². The molecule has 0 aromatic heterocycles. The van der Waals surface area contributed by atoms with Crippen molar-refractivity contribution in [3.8, 4) is 0 Å². The lowest BCUT2D eigenvalue weighted by atomic mass is 10.00. The molecular weight excluding hydrogens is 410 g/mol. The zero-order valence-corrected chi connectivity index (χ0v) is 12.9. The molecule has 0 heterocycles. The summed E-state index contributed by atoms with van der Waals surface area (Å²) >= 11 is 1.32. The van der Waals surface area contributed by atoms with Crippen molar-refractivity contribution < 1.29 is 39.5 Å². The normalized spacial score (nSPS) is 17.0. The van der Waals surface area contributed by atoms with Crippen LogP contribution in [0, 0.1) is 0 Å². The smallest absolute Gasteiger partial charge is 0.200 e. The molecule has 0 aromatic carbocycles. The van der Waals surface area contributed by atoms with Crippen molar-refractivity contribution in [2.24, 2.45) is 0 Å². The SMILES string of the molecule is FC(F)(F)C(F)(F)C(F)(F)C(F)(F)CC(I)C[SiH3]. The Balaban J connectivity index is 5.36. The number of halogens is 10. The molecule has 1 unspecified atom stereocenters. The molecule has 0 radical (unpaired) electrons. The van der Waals surface area contributed by atoms with Crippen LogP contribution in [0.3, 0.4) is 0 Å². The maximum Gasteiger partial charge on any atom is 0.460 e. The number of rotatable bonds is 5. The fourth-order valence-corrected chi connectivity index (χ4v) is 1.80. The fourth-order valence-electron chi connectivity index (χ4n) is 0.958. The second-order valence-electron chi connectivity index (χ2n) is 3.56. The van der Waals surface area contributed by atoms with Gasteiger partial charge in [-0.25, -0.2) is 0 Å². The van der Waals surface area contributed by atoms with Gasteiger partial charge in [-0.05, 0) is 0 Å². The van der Waals surface area contributed by atoms with Gasteiger partial charge in [-0.2, -0.15) is 39.5 Å². The van der Waals surface area contributed by atoms with Crippen LogP contribution in [0.1, 0.15) is 6.42 Å². The van der Waals surface area contributed by atoms with Crippen LogP contribution >= 0.6 is 22.6 Å². The van der Waals surface area contributed by atoms with Gasteiger partial charge in [0.2, 0.25) is 0 Å². The van der Waals surface area contributed by atoms with Gasteiger partial charge in [-0.1, -0.05) is 28.6 Å². The molecule has 0 saturated carbocycles. The van der Waals surface area contributed by atoms with E-state index in [4.69, 9.17) is 0 Å². The molecule has 0 spiro atoms. The largest absolute Gasteiger partial charge is 0.460 e. The Morgan fingerprint density at radius 2 is 1.22 bits per heavy atom. The average Bonchev–Trinajstić information content (AvgIpc) is 2.14. The number of hydrogen-bond donors (Lipinski definition) is 0. The molecule has 0 amide bonds. The second kappa shape index (κ2) is 5.36. The highest BCUT2D eigenvalue weighted by Gasteiger charge is 2.81. The van der Waals surface area contributed by atoms with Crippen molar-refractivity contribution in [3.63, 3.8) is 0 Å². The minimum Gasteiger partial charge on any atom is -0.200 e. The molecule has 0 nitrogen and oxygen atoms in total. The third kappa shape index (κ3) is 3.25. The second-order valence-corrected chi connectivity index (χ2v) is 6.14. The molecule has 0 bridgehead atoms. The minimum absolute atomic E-state index is 0.0732. The number of alkyl halides is 10. The summed E-state index contributed by atoms with van der Waals surface area (Å²) in [6.45, 7) is 0. The van der Waals surface area contributed by atoms with Gasteiger partial charge in [0.25, 0.3) is 0 Å². The summed E-state index contributed by atoms with van der Waals surface area (Å²) in [6, 6.07) is 0.0732. The Hall–Kier alpha value is 0.317. The molecule has 110 valence electrons. The van der Waals surface area contributed by atoms with Crippen molar-refractivity contribution >= 4 is 32.8 Å². The highest BCUT2D eigenvalue weighted by molar-refractivity contribution is 14.1. The Morgan fingerprint density at radius 1 is 0.833 bits per heavy atom. The molecule has 0 aromatic rings. The van der Waals surface area contributed by atoms with Crippen LogP contribution in [0.2, 0.25) is 6.04 Å². The Labute approximate surface area is 113 Å². The molecule has 0 N–H and O–H groups in total. The van der Waals surface area contributed by atoms with Crippen LogP contribution < -0.4 is 0 Å². The van der Waals surface area contributed by atoms with Crippen molar-refractivity contribution in [1.82, 2.24) is 0 Å². The lowest BCUT2D eigenvalue weighted by molar-refractivity contribution is -0.396. The van der Waals surface area contributed by atoms with Crippen LogP contribution in [0.15, 0.2) is 0 Å². The molecule has 1 atom stereocenters. The van der Waals surface area contributed by atoms with E-state index < -0.39 is 34.3 Å². The molecule has 11 heteroatoms. The van der Waals surface area contributed by atoms with Crippen LogP contribution in [-0.4, -0.2) is 38.1 Å². The van der Waals surface area contributed by atoms with Crippen molar-refractivity contribution in [2.75, 3.05) is 0 Å². The summed E-state index contributed by atoms with van der Waals surface area (Å²) in [4.78, 5) is 0. The third-order valence-electron chi connectivity index (χ3n) is 2.13. The highest BCUT2D eigenvalue weighted by Crippen LogP contribution is 2.54. The van der Waals surface area contributed by atoms with Crippen molar-refractivity contribution in [2.45, 2.75) is 40.3 Å². The van der Waals surface area contributed by atoms with Crippen molar-refractivity contribution in [1.29, 1.82) is 0 Å². The van der Waals surface area contributed by atoms with Crippen LogP contribution in [0.25, 0.3) is 0 Å². The minimum atomic E-state index is -6.77. The molecular formula is C7H8F9ISi. The molecule has 0 fully saturated rings. The predicted octanol–water partition coefficient (Wildman–Crippen LogP) is 3.43. The standard InChI is InChI=1S/C7H8F9ISi/c8-4(9,1-3(17)2-18)5(10,11)6(12,13)7(14,15)16/h3H,1-2H2,18H3. The summed E-state index contributed by atoms with van der Waals surface area (Å²) in [5, 5.41) is 0. The zero-order chi connectivity index (χ0) is 15.0. The molecule has 0 aliphatic rings. The maximum absolute atomic E-state index is 12.9. The van der Waals surface area contributed by atoms with E-state index in [1.807, 2.05) is 0 Å². The summed E-state index contributed by atoms with van der Waals surface area (Å²) in [7, 11) is 0.338. The van der Waals surface area contributed by atoms with Gasteiger partial charge < -0.3 is 0 Å². The summed E-state index contributed by atoms with van der Waals surface area (Å²) in [6.07, 6.45) is -8.46. The Morgan fingerprint density at radius 3 is 1.50 bits per heavy atom. The maximum atomic E-state index is 12.9. The van der Waals surface area contributed by atoms with Gasteiger partial charge in [-0.3, -0.25) is 0 Å². The average molecular weight is 418 g/mol. The van der Waals surface area contributed by atoms with E-state index >= 15 is 0 Å². The lowest BCUT2D eigenvalue weighted by Gasteiger charge is -2.34. The Bertz CT molecular complexity index is 287. The van der Waals surface area contributed by atoms with Gasteiger partial charge in [0, 0.05) is 20.6 Å². The van der Waals surface area contributed by atoms with Crippen LogP contribution in [-0.2, 0) is 0 Å². The van der Waals surface area contributed by atoms with E-state index in [9.17, 15) is 39.5 Å². The third-order valence-corrected chi connectivity index (χ3v) is 6.10. The van der Waals surface area contributed by atoms with E-state index in [1.165, 1.54) is 22.6 Å². The predicted molar refractivity (Wildman–Crippen MR) is 58.1 cm³/mol. The molecule has 0 saturated heterocycles. The summed E-state index contributed by atoms with van der Waals surface area (Å²) in [5.74, 6) is -18.7.